The maximum absolute atomic E-state index is 13.5. The second-order valence-electron chi connectivity index (χ2n) is 4.68. The fourth-order valence-corrected chi connectivity index (χ4v) is 2.97. The van der Waals surface area contributed by atoms with Crippen LogP contribution in [-0.4, -0.2) is 20.1 Å². The van der Waals surface area contributed by atoms with Crippen molar-refractivity contribution >= 4 is 10.0 Å². The van der Waals surface area contributed by atoms with E-state index < -0.39 is 33.2 Å². The van der Waals surface area contributed by atoms with E-state index in [0.29, 0.717) is 12.3 Å². The summed E-state index contributed by atoms with van der Waals surface area (Å²) in [6.07, 6.45) is 2.87. The predicted molar refractivity (Wildman–Crippen MR) is 64.8 cm³/mol. The van der Waals surface area contributed by atoms with Crippen LogP contribution in [0.1, 0.15) is 24.8 Å². The van der Waals surface area contributed by atoms with Gasteiger partial charge < -0.3 is 5.11 Å². The molecule has 1 fully saturated rings. The Balaban J connectivity index is 2.19. The topological polar surface area (TPSA) is 66.4 Å². The lowest BCUT2D eigenvalue weighted by Gasteiger charge is -2.09. The molecule has 19 heavy (non-hydrogen) atoms. The van der Waals surface area contributed by atoms with E-state index in [-0.39, 0.29) is 12.1 Å². The normalized spacial score (nSPS) is 15.7. The molecule has 2 rings (SSSR count). The average molecular weight is 291 g/mol. The molecule has 0 saturated heterocycles. The van der Waals surface area contributed by atoms with E-state index in [4.69, 9.17) is 5.11 Å². The third-order valence-electron chi connectivity index (χ3n) is 3.07. The molecule has 0 aliphatic heterocycles. The number of aliphatic hydroxyl groups excluding tert-OH is 1. The summed E-state index contributed by atoms with van der Waals surface area (Å²) >= 11 is 0. The third kappa shape index (κ3) is 3.49. The second kappa shape index (κ2) is 5.52. The van der Waals surface area contributed by atoms with Gasteiger partial charge in [0, 0.05) is 6.54 Å². The van der Waals surface area contributed by atoms with Crippen molar-refractivity contribution in [3.05, 3.63) is 29.3 Å². The summed E-state index contributed by atoms with van der Waals surface area (Å²) in [4.78, 5) is -0.757. The van der Waals surface area contributed by atoms with Crippen molar-refractivity contribution in [3.8, 4) is 0 Å². The van der Waals surface area contributed by atoms with Crippen LogP contribution in [0.2, 0.25) is 0 Å². The van der Waals surface area contributed by atoms with Crippen LogP contribution in [0.5, 0.6) is 0 Å². The summed E-state index contributed by atoms with van der Waals surface area (Å²) in [5.41, 5.74) is 0.0152. The number of hydrogen-bond acceptors (Lipinski definition) is 3. The molecule has 0 amide bonds. The summed E-state index contributed by atoms with van der Waals surface area (Å²) in [6, 6.07) is 1.72. The summed E-state index contributed by atoms with van der Waals surface area (Å²) in [7, 11) is -4.09. The van der Waals surface area contributed by atoms with Gasteiger partial charge in [-0.1, -0.05) is 12.8 Å². The molecule has 7 heteroatoms. The first-order chi connectivity index (χ1) is 8.94. The van der Waals surface area contributed by atoms with Gasteiger partial charge in [-0.2, -0.15) is 0 Å². The Kier molecular flexibility index (Phi) is 4.17. The summed E-state index contributed by atoms with van der Waals surface area (Å²) in [5, 5.41) is 8.90. The summed E-state index contributed by atoms with van der Waals surface area (Å²) in [5.74, 6) is -2.17. The molecule has 0 atom stereocenters. The lowest BCUT2D eigenvalue weighted by atomic mass is 10.2. The van der Waals surface area contributed by atoms with Gasteiger partial charge in [0.05, 0.1) is 6.61 Å². The van der Waals surface area contributed by atoms with Gasteiger partial charge in [-0.25, -0.2) is 21.9 Å². The average Bonchev–Trinajstić information content (AvgIpc) is 3.16. The molecule has 0 aromatic heterocycles. The van der Waals surface area contributed by atoms with Crippen molar-refractivity contribution in [3.63, 3.8) is 0 Å². The molecule has 1 saturated carbocycles. The van der Waals surface area contributed by atoms with Crippen LogP contribution in [0.4, 0.5) is 8.78 Å². The van der Waals surface area contributed by atoms with Gasteiger partial charge in [-0.3, -0.25) is 0 Å². The van der Waals surface area contributed by atoms with Crippen molar-refractivity contribution in [1.82, 2.24) is 4.72 Å². The standard InChI is InChI=1S/C12H15F2NO3S/c13-10-5-9(7-16)6-11(12(10)14)19(17,18)15-4-3-8-1-2-8/h5-6,8,15-16H,1-4,7H2. The lowest BCUT2D eigenvalue weighted by Crippen LogP contribution is -2.26. The molecular formula is C12H15F2NO3S. The van der Waals surface area contributed by atoms with Crippen molar-refractivity contribution in [2.24, 2.45) is 5.92 Å². The van der Waals surface area contributed by atoms with Crippen LogP contribution >= 0.6 is 0 Å². The zero-order chi connectivity index (χ0) is 14.0. The predicted octanol–water partition coefficient (Wildman–Crippen LogP) is 1.54. The quantitative estimate of drug-likeness (QED) is 0.835. The van der Waals surface area contributed by atoms with Gasteiger partial charge in [0.2, 0.25) is 10.0 Å². The molecule has 1 aliphatic rings. The highest BCUT2D eigenvalue weighted by atomic mass is 32.2. The molecule has 0 heterocycles. The van der Waals surface area contributed by atoms with Gasteiger partial charge in [0.25, 0.3) is 0 Å². The molecule has 1 aromatic carbocycles. The van der Waals surface area contributed by atoms with Crippen LogP contribution in [0, 0.1) is 17.6 Å². The van der Waals surface area contributed by atoms with E-state index in [1.54, 1.807) is 0 Å². The molecule has 0 bridgehead atoms. The Morgan fingerprint density at radius 2 is 2.00 bits per heavy atom. The summed E-state index contributed by atoms with van der Waals surface area (Å²) in [6.45, 7) is -0.348. The van der Waals surface area contributed by atoms with Gasteiger partial charge in [0.1, 0.15) is 4.90 Å². The fourth-order valence-electron chi connectivity index (χ4n) is 1.79. The van der Waals surface area contributed by atoms with Gasteiger partial charge in [0.15, 0.2) is 11.6 Å². The first-order valence-electron chi connectivity index (χ1n) is 6.02. The Morgan fingerprint density at radius 1 is 1.32 bits per heavy atom. The highest BCUT2D eigenvalue weighted by Gasteiger charge is 2.25. The smallest absolute Gasteiger partial charge is 0.243 e. The molecule has 1 aliphatic carbocycles. The van der Waals surface area contributed by atoms with Gasteiger partial charge in [-0.05, 0) is 30.0 Å². The lowest BCUT2D eigenvalue weighted by molar-refractivity contribution is 0.280. The molecule has 1 aromatic rings. The van der Waals surface area contributed by atoms with Crippen LogP contribution < -0.4 is 4.72 Å². The Labute approximate surface area is 110 Å². The minimum absolute atomic E-state index is 0.0152. The fraction of sp³-hybridized carbons (Fsp3) is 0.500. The SMILES string of the molecule is O=S(=O)(NCCC1CC1)c1cc(CO)cc(F)c1F. The van der Waals surface area contributed by atoms with Crippen molar-refractivity contribution in [1.29, 1.82) is 0 Å². The van der Waals surface area contributed by atoms with Crippen LogP contribution in [0.25, 0.3) is 0 Å². The highest BCUT2D eigenvalue weighted by Crippen LogP contribution is 2.31. The molecule has 4 nitrogen and oxygen atoms in total. The number of benzene rings is 1. The number of nitrogens with one attached hydrogen (secondary N) is 1. The number of halogens is 2. The first-order valence-corrected chi connectivity index (χ1v) is 7.51. The Bertz CT molecular complexity index is 571. The molecule has 0 unspecified atom stereocenters. The Morgan fingerprint density at radius 3 is 2.58 bits per heavy atom. The number of aliphatic hydroxyl groups is 1. The van der Waals surface area contributed by atoms with Crippen LogP contribution in [-0.2, 0) is 16.6 Å². The monoisotopic (exact) mass is 291 g/mol. The van der Waals surface area contributed by atoms with E-state index in [0.717, 1.165) is 25.0 Å². The van der Waals surface area contributed by atoms with E-state index in [1.165, 1.54) is 0 Å². The van der Waals surface area contributed by atoms with Crippen molar-refractivity contribution in [2.75, 3.05) is 6.54 Å². The largest absolute Gasteiger partial charge is 0.392 e. The van der Waals surface area contributed by atoms with E-state index in [1.807, 2.05) is 0 Å². The maximum Gasteiger partial charge on any atom is 0.243 e. The number of hydrogen-bond donors (Lipinski definition) is 2. The highest BCUT2D eigenvalue weighted by molar-refractivity contribution is 7.89. The minimum Gasteiger partial charge on any atom is -0.392 e. The Hall–Kier alpha value is -1.05. The first kappa shape index (κ1) is 14.4. The molecular weight excluding hydrogens is 276 g/mol. The third-order valence-corrected chi connectivity index (χ3v) is 4.53. The molecule has 0 spiro atoms. The van der Waals surface area contributed by atoms with Crippen molar-refractivity contribution in [2.45, 2.75) is 30.8 Å². The zero-order valence-corrected chi connectivity index (χ0v) is 11.0. The second-order valence-corrected chi connectivity index (χ2v) is 6.41. The zero-order valence-electron chi connectivity index (χ0n) is 10.2. The van der Waals surface area contributed by atoms with Gasteiger partial charge >= 0.3 is 0 Å². The maximum atomic E-state index is 13.5. The minimum atomic E-state index is -4.09. The van der Waals surface area contributed by atoms with E-state index in [2.05, 4.69) is 4.72 Å². The van der Waals surface area contributed by atoms with E-state index >= 15 is 0 Å². The van der Waals surface area contributed by atoms with Crippen LogP contribution in [0.3, 0.4) is 0 Å². The van der Waals surface area contributed by atoms with E-state index in [9.17, 15) is 17.2 Å². The number of rotatable bonds is 6. The number of sulfonamides is 1. The summed E-state index contributed by atoms with van der Waals surface area (Å²) < 4.78 is 52.8. The molecule has 2 N–H and O–H groups in total. The van der Waals surface area contributed by atoms with Gasteiger partial charge in [-0.15, -0.1) is 0 Å². The van der Waals surface area contributed by atoms with Crippen molar-refractivity contribution < 1.29 is 22.3 Å². The molecule has 106 valence electrons. The van der Waals surface area contributed by atoms with Crippen LogP contribution in [0.15, 0.2) is 17.0 Å². The molecule has 0 radical (unpaired) electrons.